The van der Waals surface area contributed by atoms with Gasteiger partial charge in [0.1, 0.15) is 0 Å². The van der Waals surface area contributed by atoms with Crippen molar-refractivity contribution in [1.82, 2.24) is 10.2 Å². The monoisotopic (exact) mass is 401 g/mol. The molecule has 5 atom stereocenters. The first kappa shape index (κ1) is 22.3. The maximum Gasteiger partial charge on any atom is 0.237 e. The second-order valence-electron chi connectivity index (χ2n) is 10.2. The van der Waals surface area contributed by atoms with Crippen molar-refractivity contribution in [3.63, 3.8) is 0 Å². The van der Waals surface area contributed by atoms with Crippen LogP contribution >= 0.6 is 0 Å². The van der Waals surface area contributed by atoms with E-state index >= 15 is 0 Å². The van der Waals surface area contributed by atoms with E-state index in [1.165, 1.54) is 25.7 Å². The Morgan fingerprint density at radius 2 is 1.86 bits per heavy atom. The van der Waals surface area contributed by atoms with E-state index < -0.39 is 6.10 Å². The van der Waals surface area contributed by atoms with Gasteiger partial charge in [-0.3, -0.25) is 9.69 Å². The summed E-state index contributed by atoms with van der Waals surface area (Å²) in [6, 6.07) is 9.54. The van der Waals surface area contributed by atoms with E-state index in [0.29, 0.717) is 24.8 Å². The van der Waals surface area contributed by atoms with Crippen LogP contribution in [-0.4, -0.2) is 52.7 Å². The third kappa shape index (κ3) is 6.27. The number of hydrogen-bond donors (Lipinski definition) is 3. The van der Waals surface area contributed by atoms with Crippen molar-refractivity contribution in [1.29, 1.82) is 0 Å². The van der Waals surface area contributed by atoms with Crippen LogP contribution in [0.2, 0.25) is 0 Å². The molecule has 1 aromatic rings. The molecule has 5 nitrogen and oxygen atoms in total. The van der Waals surface area contributed by atoms with Crippen molar-refractivity contribution < 1.29 is 9.90 Å². The highest BCUT2D eigenvalue weighted by Gasteiger charge is 2.41. The van der Waals surface area contributed by atoms with Gasteiger partial charge < -0.3 is 16.2 Å². The molecule has 162 valence electrons. The Kier molecular flexibility index (Phi) is 7.36. The average molecular weight is 402 g/mol. The summed E-state index contributed by atoms with van der Waals surface area (Å²) in [7, 11) is 0. The molecule has 2 fully saturated rings. The molecule has 1 aliphatic carbocycles. The standard InChI is InChI=1S/C24H39N3O2/c1-24(2,3)26-23(29)21-14-18-11-7-8-12-19(18)15-27(21)16-22(28)20(25)13-17-9-5-4-6-10-17/h4-6,9-10,18-22,28H,7-8,11-16,25H2,1-3H3,(H,26,29)/t18-,19?,20-,21-,22+/m0/s1. The molecule has 4 N–H and O–H groups in total. The topological polar surface area (TPSA) is 78.6 Å². The van der Waals surface area contributed by atoms with E-state index in [2.05, 4.69) is 10.2 Å². The number of nitrogens with zero attached hydrogens (tertiary/aromatic N) is 1. The third-order valence-corrected chi connectivity index (χ3v) is 6.53. The lowest BCUT2D eigenvalue weighted by Crippen LogP contribution is -2.59. The highest BCUT2D eigenvalue weighted by atomic mass is 16.3. The largest absolute Gasteiger partial charge is 0.390 e. The quantitative estimate of drug-likeness (QED) is 0.685. The first-order valence-corrected chi connectivity index (χ1v) is 11.3. The van der Waals surface area contributed by atoms with Gasteiger partial charge >= 0.3 is 0 Å². The predicted molar refractivity (Wildman–Crippen MR) is 117 cm³/mol. The summed E-state index contributed by atoms with van der Waals surface area (Å²) in [5.41, 5.74) is 7.22. The molecule has 2 aliphatic rings. The summed E-state index contributed by atoms with van der Waals surface area (Å²) >= 11 is 0. The van der Waals surface area contributed by atoms with Gasteiger partial charge in [0.05, 0.1) is 12.1 Å². The molecule has 1 saturated carbocycles. The van der Waals surface area contributed by atoms with Crippen molar-refractivity contribution in [3.05, 3.63) is 35.9 Å². The number of rotatable bonds is 6. The molecule has 1 unspecified atom stereocenters. The smallest absolute Gasteiger partial charge is 0.237 e. The maximum absolute atomic E-state index is 13.1. The van der Waals surface area contributed by atoms with E-state index in [-0.39, 0.29) is 23.5 Å². The summed E-state index contributed by atoms with van der Waals surface area (Å²) in [4.78, 5) is 15.3. The van der Waals surface area contributed by atoms with Crippen molar-refractivity contribution in [3.8, 4) is 0 Å². The number of nitrogens with two attached hydrogens (primary N) is 1. The summed E-state index contributed by atoms with van der Waals surface area (Å²) in [5.74, 6) is 1.36. The minimum absolute atomic E-state index is 0.0883. The Balaban J connectivity index is 1.67. The molecule has 1 saturated heterocycles. The number of fused-ring (bicyclic) bond motifs is 1. The average Bonchev–Trinajstić information content (AvgIpc) is 2.66. The Morgan fingerprint density at radius 3 is 2.52 bits per heavy atom. The van der Waals surface area contributed by atoms with Crippen LogP contribution in [0.1, 0.15) is 58.4 Å². The molecule has 0 radical (unpaired) electrons. The van der Waals surface area contributed by atoms with Gasteiger partial charge in [-0.2, -0.15) is 0 Å². The fourth-order valence-electron chi connectivity index (χ4n) is 5.02. The van der Waals surface area contributed by atoms with Crippen LogP contribution in [-0.2, 0) is 11.2 Å². The molecule has 0 bridgehead atoms. The number of piperidine rings is 1. The summed E-state index contributed by atoms with van der Waals surface area (Å²) in [5, 5.41) is 14.0. The lowest BCUT2D eigenvalue weighted by molar-refractivity contribution is -0.132. The van der Waals surface area contributed by atoms with Gasteiger partial charge in [-0.1, -0.05) is 49.6 Å². The van der Waals surface area contributed by atoms with E-state index in [0.717, 1.165) is 18.5 Å². The van der Waals surface area contributed by atoms with Crippen LogP contribution < -0.4 is 11.1 Å². The zero-order valence-electron chi connectivity index (χ0n) is 18.3. The van der Waals surface area contributed by atoms with Gasteiger partial charge in [-0.05, 0) is 57.4 Å². The van der Waals surface area contributed by atoms with E-state index in [4.69, 9.17) is 5.73 Å². The van der Waals surface area contributed by atoms with Gasteiger partial charge in [0, 0.05) is 24.7 Å². The number of aliphatic hydroxyl groups is 1. The Hall–Kier alpha value is -1.43. The number of aliphatic hydroxyl groups excluding tert-OH is 1. The number of carbonyl (C=O) groups excluding carboxylic acids is 1. The molecule has 1 heterocycles. The van der Waals surface area contributed by atoms with Crippen LogP contribution in [0.3, 0.4) is 0 Å². The lowest BCUT2D eigenvalue weighted by Gasteiger charge is -2.46. The Morgan fingerprint density at radius 1 is 1.21 bits per heavy atom. The second kappa shape index (κ2) is 9.59. The molecule has 0 aromatic heterocycles. The molecule has 1 aliphatic heterocycles. The Bertz CT molecular complexity index is 658. The zero-order chi connectivity index (χ0) is 21.0. The number of carbonyl (C=O) groups is 1. The molecular formula is C24H39N3O2. The van der Waals surface area contributed by atoms with E-state index in [1.54, 1.807) is 0 Å². The summed E-state index contributed by atoms with van der Waals surface area (Å²) in [6.07, 6.45) is 5.91. The fourth-order valence-corrected chi connectivity index (χ4v) is 5.02. The number of hydrogen-bond acceptors (Lipinski definition) is 4. The Labute approximate surface area is 176 Å². The molecule has 1 amide bonds. The second-order valence-corrected chi connectivity index (χ2v) is 10.2. The molecular weight excluding hydrogens is 362 g/mol. The van der Waals surface area contributed by atoms with Gasteiger partial charge in [0.2, 0.25) is 5.91 Å². The molecule has 5 heteroatoms. The zero-order valence-corrected chi connectivity index (χ0v) is 18.3. The first-order valence-electron chi connectivity index (χ1n) is 11.3. The van der Waals surface area contributed by atoms with Crippen LogP contribution in [0.4, 0.5) is 0 Å². The highest BCUT2D eigenvalue weighted by molar-refractivity contribution is 5.82. The van der Waals surface area contributed by atoms with Gasteiger partial charge in [-0.15, -0.1) is 0 Å². The van der Waals surface area contributed by atoms with Crippen molar-refractivity contribution >= 4 is 5.91 Å². The van der Waals surface area contributed by atoms with Crippen molar-refractivity contribution in [2.75, 3.05) is 13.1 Å². The minimum atomic E-state index is -0.653. The lowest BCUT2D eigenvalue weighted by atomic mass is 9.72. The minimum Gasteiger partial charge on any atom is -0.390 e. The van der Waals surface area contributed by atoms with E-state index in [9.17, 15) is 9.90 Å². The van der Waals surface area contributed by atoms with Gasteiger partial charge in [0.15, 0.2) is 0 Å². The number of likely N-dealkylation sites (tertiary alicyclic amines) is 1. The number of nitrogens with one attached hydrogen (secondary N) is 1. The molecule has 1 aromatic carbocycles. The number of β-amino-alcohol motifs (C(OH)–C–C–N with tert-alkyl or cyclic N) is 1. The number of benzene rings is 1. The predicted octanol–water partition coefficient (Wildman–Crippen LogP) is 2.71. The van der Waals surface area contributed by atoms with Crippen LogP contribution in [0, 0.1) is 11.8 Å². The fraction of sp³-hybridized carbons (Fsp3) is 0.708. The van der Waals surface area contributed by atoms with Crippen LogP contribution in [0.15, 0.2) is 30.3 Å². The van der Waals surface area contributed by atoms with Crippen molar-refractivity contribution in [2.45, 2.75) is 83.0 Å². The van der Waals surface area contributed by atoms with Gasteiger partial charge in [-0.25, -0.2) is 0 Å². The van der Waals surface area contributed by atoms with E-state index in [1.807, 2.05) is 51.1 Å². The normalized spacial score (nSPS) is 27.7. The summed E-state index contributed by atoms with van der Waals surface area (Å²) in [6.45, 7) is 7.41. The van der Waals surface area contributed by atoms with Crippen LogP contribution in [0.25, 0.3) is 0 Å². The first-order chi connectivity index (χ1) is 13.7. The maximum atomic E-state index is 13.1. The van der Waals surface area contributed by atoms with Crippen molar-refractivity contribution in [2.24, 2.45) is 17.6 Å². The number of amides is 1. The summed E-state index contributed by atoms with van der Waals surface area (Å²) < 4.78 is 0. The molecule has 0 spiro atoms. The van der Waals surface area contributed by atoms with Crippen LogP contribution in [0.5, 0.6) is 0 Å². The SMILES string of the molecule is CC(C)(C)NC(=O)[C@@H]1C[C@@H]2CCCCC2CN1C[C@@H](O)[C@@H](N)Cc1ccccc1. The van der Waals surface area contributed by atoms with Gasteiger partial charge in [0.25, 0.3) is 0 Å². The molecule has 29 heavy (non-hydrogen) atoms. The highest BCUT2D eigenvalue weighted by Crippen LogP contribution is 2.38. The third-order valence-electron chi connectivity index (χ3n) is 6.53. The molecule has 3 rings (SSSR count).